The van der Waals surface area contributed by atoms with Crippen molar-refractivity contribution in [2.75, 3.05) is 20.2 Å². The summed E-state index contributed by atoms with van der Waals surface area (Å²) in [6, 6.07) is 11.8. The molecule has 1 aliphatic heterocycles. The van der Waals surface area contributed by atoms with Crippen LogP contribution in [-0.2, 0) is 10.2 Å². The van der Waals surface area contributed by atoms with E-state index in [-0.39, 0.29) is 23.5 Å². The standard InChI is InChI=1S/C20H23N3O2/c1-25-18-17(23-19(24)14-5-4-10-22-13-14)15-6-2-3-7-16(15)20(18)8-11-21-12-9-20/h2-7,10,13,17-18,21H,8-9,11-12H2,1H3,(H,23,24)/t17-,18+/m0/s1. The van der Waals surface area contributed by atoms with Gasteiger partial charge in [0.2, 0.25) is 0 Å². The predicted molar refractivity (Wildman–Crippen MR) is 95.5 cm³/mol. The first-order chi connectivity index (χ1) is 12.3. The minimum atomic E-state index is -0.146. The number of rotatable bonds is 3. The molecule has 25 heavy (non-hydrogen) atoms. The lowest BCUT2D eigenvalue weighted by Gasteiger charge is -2.40. The van der Waals surface area contributed by atoms with Gasteiger partial charge in [-0.05, 0) is 49.2 Å². The van der Waals surface area contributed by atoms with Crippen molar-refractivity contribution in [1.82, 2.24) is 15.6 Å². The maximum absolute atomic E-state index is 12.7. The highest BCUT2D eigenvalue weighted by atomic mass is 16.5. The molecule has 4 rings (SSSR count). The molecule has 1 saturated heterocycles. The van der Waals surface area contributed by atoms with E-state index in [4.69, 9.17) is 4.74 Å². The van der Waals surface area contributed by atoms with Gasteiger partial charge in [0.15, 0.2) is 0 Å². The highest BCUT2D eigenvalue weighted by molar-refractivity contribution is 5.94. The number of piperidine rings is 1. The van der Waals surface area contributed by atoms with Gasteiger partial charge in [0.1, 0.15) is 0 Å². The summed E-state index contributed by atoms with van der Waals surface area (Å²) in [5.74, 6) is -0.110. The Balaban J connectivity index is 1.71. The normalized spacial score (nSPS) is 24.0. The molecule has 1 amide bonds. The highest BCUT2D eigenvalue weighted by Gasteiger charge is 2.53. The number of hydrogen-bond donors (Lipinski definition) is 2. The summed E-state index contributed by atoms with van der Waals surface area (Å²) in [7, 11) is 1.75. The number of methoxy groups -OCH3 is 1. The number of carbonyl (C=O) groups is 1. The van der Waals surface area contributed by atoms with Crippen LogP contribution in [0.4, 0.5) is 0 Å². The molecule has 2 aromatic rings. The molecule has 1 fully saturated rings. The Hall–Kier alpha value is -2.24. The maximum Gasteiger partial charge on any atom is 0.253 e. The zero-order chi connectivity index (χ0) is 17.3. The van der Waals surface area contributed by atoms with Gasteiger partial charge in [0.05, 0.1) is 17.7 Å². The molecule has 130 valence electrons. The smallest absolute Gasteiger partial charge is 0.253 e. The number of ether oxygens (including phenoxy) is 1. The summed E-state index contributed by atoms with van der Waals surface area (Å²) in [6.45, 7) is 1.94. The molecule has 0 unspecified atom stereocenters. The van der Waals surface area contributed by atoms with Gasteiger partial charge in [0, 0.05) is 24.9 Å². The quantitative estimate of drug-likeness (QED) is 0.901. The van der Waals surface area contributed by atoms with Crippen molar-refractivity contribution in [2.45, 2.75) is 30.4 Å². The molecule has 1 aliphatic carbocycles. The second kappa shape index (κ2) is 6.58. The lowest BCUT2D eigenvalue weighted by atomic mass is 9.72. The lowest BCUT2D eigenvalue weighted by molar-refractivity contribution is 0.00396. The SMILES string of the molecule is CO[C@@H]1[C@@H](NC(=O)c2cccnc2)c2ccccc2C12CCNCC2. The molecular formula is C20H23N3O2. The van der Waals surface area contributed by atoms with Gasteiger partial charge < -0.3 is 15.4 Å². The molecule has 2 aliphatic rings. The zero-order valence-electron chi connectivity index (χ0n) is 14.4. The molecule has 5 heteroatoms. The fourth-order valence-corrected chi connectivity index (χ4v) is 4.52. The fraction of sp³-hybridized carbons (Fsp3) is 0.400. The topological polar surface area (TPSA) is 63.2 Å². The summed E-state index contributed by atoms with van der Waals surface area (Å²) >= 11 is 0. The van der Waals surface area contributed by atoms with E-state index in [1.807, 2.05) is 6.07 Å². The highest BCUT2D eigenvalue weighted by Crippen LogP contribution is 2.51. The molecular weight excluding hydrogens is 314 g/mol. The van der Waals surface area contributed by atoms with Crippen LogP contribution in [0.1, 0.15) is 40.4 Å². The largest absolute Gasteiger partial charge is 0.378 e. The first kappa shape index (κ1) is 16.2. The van der Waals surface area contributed by atoms with Crippen molar-refractivity contribution in [3.05, 3.63) is 65.5 Å². The van der Waals surface area contributed by atoms with Crippen LogP contribution in [0.15, 0.2) is 48.8 Å². The van der Waals surface area contributed by atoms with Gasteiger partial charge in [0.25, 0.3) is 5.91 Å². The Morgan fingerprint density at radius 1 is 1.24 bits per heavy atom. The van der Waals surface area contributed by atoms with E-state index in [9.17, 15) is 4.79 Å². The van der Waals surface area contributed by atoms with Crippen molar-refractivity contribution in [1.29, 1.82) is 0 Å². The van der Waals surface area contributed by atoms with Gasteiger partial charge >= 0.3 is 0 Å². The molecule has 0 saturated carbocycles. The molecule has 0 bridgehead atoms. The predicted octanol–water partition coefficient (Wildman–Crippen LogP) is 2.20. The molecule has 2 heterocycles. The number of amides is 1. The molecule has 2 atom stereocenters. The first-order valence-electron chi connectivity index (χ1n) is 8.80. The number of pyridine rings is 1. The van der Waals surface area contributed by atoms with Crippen LogP contribution in [-0.4, -0.2) is 37.2 Å². The Morgan fingerprint density at radius 2 is 2.04 bits per heavy atom. The van der Waals surface area contributed by atoms with Crippen LogP contribution < -0.4 is 10.6 Å². The Labute approximate surface area is 147 Å². The van der Waals surface area contributed by atoms with Crippen molar-refractivity contribution in [3.8, 4) is 0 Å². The second-order valence-electron chi connectivity index (χ2n) is 6.84. The molecule has 2 N–H and O–H groups in total. The molecule has 1 aromatic carbocycles. The molecule has 0 radical (unpaired) electrons. The number of nitrogens with zero attached hydrogens (tertiary/aromatic N) is 1. The molecule has 5 nitrogen and oxygen atoms in total. The number of aromatic nitrogens is 1. The van der Waals surface area contributed by atoms with Crippen LogP contribution in [0.3, 0.4) is 0 Å². The number of benzene rings is 1. The van der Waals surface area contributed by atoms with Gasteiger partial charge in [-0.3, -0.25) is 9.78 Å². The van der Waals surface area contributed by atoms with E-state index in [1.165, 1.54) is 11.1 Å². The monoisotopic (exact) mass is 337 g/mol. The van der Waals surface area contributed by atoms with Crippen LogP contribution in [0.2, 0.25) is 0 Å². The third-order valence-electron chi connectivity index (χ3n) is 5.64. The zero-order valence-corrected chi connectivity index (χ0v) is 14.4. The van der Waals surface area contributed by atoms with Crippen LogP contribution >= 0.6 is 0 Å². The third-order valence-corrected chi connectivity index (χ3v) is 5.64. The number of hydrogen-bond acceptors (Lipinski definition) is 4. The number of carbonyl (C=O) groups excluding carboxylic acids is 1. The fourth-order valence-electron chi connectivity index (χ4n) is 4.52. The van der Waals surface area contributed by atoms with E-state index < -0.39 is 0 Å². The third kappa shape index (κ3) is 2.64. The average molecular weight is 337 g/mol. The van der Waals surface area contributed by atoms with Crippen molar-refractivity contribution >= 4 is 5.91 Å². The van der Waals surface area contributed by atoms with Crippen molar-refractivity contribution < 1.29 is 9.53 Å². The average Bonchev–Trinajstić information content (AvgIpc) is 2.92. The van der Waals surface area contributed by atoms with E-state index >= 15 is 0 Å². The van der Waals surface area contributed by atoms with Gasteiger partial charge in [-0.2, -0.15) is 0 Å². The van der Waals surface area contributed by atoms with Gasteiger partial charge in [-0.25, -0.2) is 0 Å². The summed E-state index contributed by atoms with van der Waals surface area (Å²) < 4.78 is 5.98. The minimum absolute atomic E-state index is 0.0382. The second-order valence-corrected chi connectivity index (χ2v) is 6.84. The van der Waals surface area contributed by atoms with Crippen molar-refractivity contribution in [3.63, 3.8) is 0 Å². The maximum atomic E-state index is 12.7. The molecule has 1 spiro atoms. The van der Waals surface area contributed by atoms with Crippen molar-refractivity contribution in [2.24, 2.45) is 0 Å². The Kier molecular flexibility index (Phi) is 4.27. The van der Waals surface area contributed by atoms with E-state index in [2.05, 4.69) is 33.8 Å². The Morgan fingerprint density at radius 3 is 2.76 bits per heavy atom. The van der Waals surface area contributed by atoms with E-state index in [1.54, 1.807) is 31.6 Å². The summed E-state index contributed by atoms with van der Waals surface area (Å²) in [4.78, 5) is 16.8. The summed E-state index contributed by atoms with van der Waals surface area (Å²) in [5, 5.41) is 6.64. The van der Waals surface area contributed by atoms with Crippen LogP contribution in [0.25, 0.3) is 0 Å². The van der Waals surface area contributed by atoms with Gasteiger partial charge in [-0.1, -0.05) is 24.3 Å². The van der Waals surface area contributed by atoms with E-state index in [0.29, 0.717) is 5.56 Å². The summed E-state index contributed by atoms with van der Waals surface area (Å²) in [5.41, 5.74) is 3.03. The first-order valence-corrected chi connectivity index (χ1v) is 8.80. The van der Waals surface area contributed by atoms with E-state index in [0.717, 1.165) is 25.9 Å². The Bertz CT molecular complexity index is 757. The van der Waals surface area contributed by atoms with Crippen LogP contribution in [0.5, 0.6) is 0 Å². The number of nitrogens with one attached hydrogen (secondary N) is 2. The number of fused-ring (bicyclic) bond motifs is 2. The van der Waals surface area contributed by atoms with Gasteiger partial charge in [-0.15, -0.1) is 0 Å². The minimum Gasteiger partial charge on any atom is -0.378 e. The molecule has 1 aromatic heterocycles. The van der Waals surface area contributed by atoms with Crippen LogP contribution in [0, 0.1) is 0 Å². The lowest BCUT2D eigenvalue weighted by Crippen LogP contribution is -2.49. The summed E-state index contributed by atoms with van der Waals surface area (Å²) in [6.07, 6.45) is 5.23.